The van der Waals surface area contributed by atoms with E-state index < -0.39 is 19.9 Å². The fourth-order valence-electron chi connectivity index (χ4n) is 2.20. The summed E-state index contributed by atoms with van der Waals surface area (Å²) in [5, 5.41) is 0. The number of halogens is 1. The Balaban J connectivity index is 3.05. The van der Waals surface area contributed by atoms with Crippen molar-refractivity contribution in [2.24, 2.45) is 0 Å². The zero-order chi connectivity index (χ0) is 17.8. The molecule has 1 N–H and O–H groups in total. The Morgan fingerprint density at radius 2 is 1.74 bits per heavy atom. The molecular formula is C14H23BrN2O4S2. The molecule has 1 rings (SSSR count). The molecule has 0 radical (unpaired) electrons. The van der Waals surface area contributed by atoms with Gasteiger partial charge in [-0.1, -0.05) is 13.8 Å². The molecule has 0 aliphatic rings. The molecule has 0 aliphatic heterocycles. The third-order valence-electron chi connectivity index (χ3n) is 3.62. The highest BCUT2D eigenvalue weighted by Gasteiger charge is 2.22. The molecule has 0 saturated carbocycles. The topological polar surface area (TPSA) is 83.6 Å². The second kappa shape index (κ2) is 8.06. The normalized spacial score (nSPS) is 14.2. The summed E-state index contributed by atoms with van der Waals surface area (Å²) in [4.78, 5) is 2.02. The third kappa shape index (κ3) is 5.53. The van der Waals surface area contributed by atoms with E-state index in [0.29, 0.717) is 4.47 Å². The summed E-state index contributed by atoms with van der Waals surface area (Å²) < 4.78 is 51.1. The average Bonchev–Trinajstić information content (AvgIpc) is 2.45. The standard InChI is InChI=1S/C14H23BrN2O4S2/c1-5-17(6-2)11(3)10-16-23(20,21)14-9-12(22(4,18)19)7-8-13(14)15/h7-9,11,16H,5-6,10H2,1-4H3. The minimum absolute atomic E-state index is 0.0298. The van der Waals surface area contributed by atoms with Crippen molar-refractivity contribution in [3.05, 3.63) is 22.7 Å². The van der Waals surface area contributed by atoms with Gasteiger partial charge < -0.3 is 0 Å². The maximum absolute atomic E-state index is 12.5. The molecule has 0 spiro atoms. The second-order valence-electron chi connectivity index (χ2n) is 5.29. The van der Waals surface area contributed by atoms with Crippen molar-refractivity contribution < 1.29 is 16.8 Å². The summed E-state index contributed by atoms with van der Waals surface area (Å²) in [7, 11) is -7.28. The van der Waals surface area contributed by atoms with Crippen molar-refractivity contribution in [3.8, 4) is 0 Å². The zero-order valence-corrected chi connectivity index (χ0v) is 16.9. The lowest BCUT2D eigenvalue weighted by atomic mass is 10.3. The maximum atomic E-state index is 12.5. The molecule has 9 heteroatoms. The minimum Gasteiger partial charge on any atom is -0.300 e. The fraction of sp³-hybridized carbons (Fsp3) is 0.571. The first kappa shape index (κ1) is 20.6. The molecule has 1 atom stereocenters. The van der Waals surface area contributed by atoms with E-state index in [2.05, 4.69) is 25.6 Å². The molecule has 1 aromatic carbocycles. The fourth-order valence-corrected chi connectivity index (χ4v) is 5.04. The first-order chi connectivity index (χ1) is 10.5. The van der Waals surface area contributed by atoms with Gasteiger partial charge in [0.2, 0.25) is 10.0 Å². The molecule has 0 saturated heterocycles. The SMILES string of the molecule is CCN(CC)C(C)CNS(=O)(=O)c1cc(S(C)(=O)=O)ccc1Br. The maximum Gasteiger partial charge on any atom is 0.241 e. The monoisotopic (exact) mass is 426 g/mol. The number of hydrogen-bond acceptors (Lipinski definition) is 5. The van der Waals surface area contributed by atoms with E-state index in [1.165, 1.54) is 18.2 Å². The van der Waals surface area contributed by atoms with Crippen LogP contribution in [0.4, 0.5) is 0 Å². The lowest BCUT2D eigenvalue weighted by Crippen LogP contribution is -2.42. The van der Waals surface area contributed by atoms with Gasteiger partial charge in [-0.15, -0.1) is 0 Å². The van der Waals surface area contributed by atoms with Gasteiger partial charge in [-0.05, 0) is 54.1 Å². The van der Waals surface area contributed by atoms with Crippen molar-refractivity contribution in [2.75, 3.05) is 25.9 Å². The van der Waals surface area contributed by atoms with Crippen molar-refractivity contribution >= 4 is 35.8 Å². The third-order valence-corrected chi connectivity index (χ3v) is 7.15. The Kier molecular flexibility index (Phi) is 7.21. The predicted octanol–water partition coefficient (Wildman–Crippen LogP) is 1.86. The molecule has 132 valence electrons. The molecule has 1 aromatic rings. The first-order valence-electron chi connectivity index (χ1n) is 7.26. The summed E-state index contributed by atoms with van der Waals surface area (Å²) in [6.07, 6.45) is 1.04. The van der Waals surface area contributed by atoms with E-state index >= 15 is 0 Å². The van der Waals surface area contributed by atoms with Crippen molar-refractivity contribution in [2.45, 2.75) is 36.6 Å². The molecule has 1 unspecified atom stereocenters. The Labute approximate surface area is 147 Å². The smallest absolute Gasteiger partial charge is 0.241 e. The summed E-state index contributed by atoms with van der Waals surface area (Å²) in [6.45, 7) is 7.87. The number of sulfone groups is 1. The second-order valence-corrected chi connectivity index (χ2v) is 9.89. The Hall–Kier alpha value is -0.480. The number of benzene rings is 1. The summed E-state index contributed by atoms with van der Waals surface area (Å²) in [5.41, 5.74) is 0. The number of likely N-dealkylation sites (N-methyl/N-ethyl adjacent to an activating group) is 1. The number of nitrogens with one attached hydrogen (secondary N) is 1. The van der Waals surface area contributed by atoms with Gasteiger partial charge in [-0.25, -0.2) is 21.6 Å². The van der Waals surface area contributed by atoms with E-state index in [1.54, 1.807) is 0 Å². The molecule has 6 nitrogen and oxygen atoms in total. The van der Waals surface area contributed by atoms with Crippen molar-refractivity contribution in [1.29, 1.82) is 0 Å². The molecule has 0 fully saturated rings. The Morgan fingerprint density at radius 1 is 1.17 bits per heavy atom. The van der Waals surface area contributed by atoms with Crippen LogP contribution in [0.3, 0.4) is 0 Å². The van der Waals surface area contributed by atoms with Crippen LogP contribution in [0.2, 0.25) is 0 Å². The van der Waals surface area contributed by atoms with Crippen LogP contribution < -0.4 is 4.72 Å². The van der Waals surface area contributed by atoms with Gasteiger partial charge in [0, 0.05) is 23.3 Å². The molecule has 0 aromatic heterocycles. The minimum atomic E-state index is -3.81. The molecule has 0 heterocycles. The van der Waals surface area contributed by atoms with E-state index in [0.717, 1.165) is 19.3 Å². The molecular weight excluding hydrogens is 404 g/mol. The summed E-state index contributed by atoms with van der Waals surface area (Å²) >= 11 is 3.17. The highest BCUT2D eigenvalue weighted by atomic mass is 79.9. The van der Waals surface area contributed by atoms with Crippen LogP contribution in [-0.2, 0) is 19.9 Å². The van der Waals surface area contributed by atoms with E-state index in [4.69, 9.17) is 0 Å². The van der Waals surface area contributed by atoms with Crippen LogP contribution in [0.25, 0.3) is 0 Å². The van der Waals surface area contributed by atoms with Crippen LogP contribution in [0, 0.1) is 0 Å². The molecule has 0 bridgehead atoms. The highest BCUT2D eigenvalue weighted by Crippen LogP contribution is 2.25. The molecule has 0 aliphatic carbocycles. The zero-order valence-electron chi connectivity index (χ0n) is 13.7. The van der Waals surface area contributed by atoms with Gasteiger partial charge in [-0.2, -0.15) is 0 Å². The predicted molar refractivity (Wildman–Crippen MR) is 94.8 cm³/mol. The van der Waals surface area contributed by atoms with Gasteiger partial charge in [0.15, 0.2) is 9.84 Å². The van der Waals surface area contributed by atoms with E-state index in [-0.39, 0.29) is 22.4 Å². The molecule has 0 amide bonds. The summed E-state index contributed by atoms with van der Waals surface area (Å²) in [5.74, 6) is 0. The van der Waals surface area contributed by atoms with Gasteiger partial charge >= 0.3 is 0 Å². The average molecular weight is 427 g/mol. The van der Waals surface area contributed by atoms with Crippen molar-refractivity contribution in [1.82, 2.24) is 9.62 Å². The molecule has 23 heavy (non-hydrogen) atoms. The summed E-state index contributed by atoms with van der Waals surface area (Å²) in [6, 6.07) is 4.01. The van der Waals surface area contributed by atoms with Crippen LogP contribution in [0.1, 0.15) is 20.8 Å². The number of rotatable bonds is 8. The Morgan fingerprint density at radius 3 is 2.22 bits per heavy atom. The van der Waals surface area contributed by atoms with Crippen molar-refractivity contribution in [3.63, 3.8) is 0 Å². The van der Waals surface area contributed by atoms with E-state index in [9.17, 15) is 16.8 Å². The number of nitrogens with zero attached hydrogens (tertiary/aromatic N) is 1. The van der Waals surface area contributed by atoms with Gasteiger partial charge in [0.25, 0.3) is 0 Å². The lowest BCUT2D eigenvalue weighted by Gasteiger charge is -2.26. The van der Waals surface area contributed by atoms with Crippen LogP contribution >= 0.6 is 15.9 Å². The number of hydrogen-bond donors (Lipinski definition) is 1. The first-order valence-corrected chi connectivity index (χ1v) is 11.4. The van der Waals surface area contributed by atoms with Crippen LogP contribution in [-0.4, -0.2) is 53.7 Å². The lowest BCUT2D eigenvalue weighted by molar-refractivity contribution is 0.232. The van der Waals surface area contributed by atoms with Gasteiger partial charge in [-0.3, -0.25) is 4.90 Å². The quantitative estimate of drug-likeness (QED) is 0.685. The van der Waals surface area contributed by atoms with Gasteiger partial charge in [0.05, 0.1) is 9.79 Å². The van der Waals surface area contributed by atoms with Gasteiger partial charge in [0.1, 0.15) is 0 Å². The van der Waals surface area contributed by atoms with Crippen LogP contribution in [0.15, 0.2) is 32.5 Å². The largest absolute Gasteiger partial charge is 0.300 e. The van der Waals surface area contributed by atoms with E-state index in [1.807, 2.05) is 20.8 Å². The van der Waals surface area contributed by atoms with Crippen LogP contribution in [0.5, 0.6) is 0 Å². The highest BCUT2D eigenvalue weighted by molar-refractivity contribution is 9.10. The number of sulfonamides is 1. The Bertz CT molecular complexity index is 744.